The fourth-order valence-corrected chi connectivity index (χ4v) is 4.35. The number of Topliss-reactive ketones (excluding diaryl/α,β-unsaturated/α-hetero) is 1. The van der Waals surface area contributed by atoms with Gasteiger partial charge in [0.2, 0.25) is 0 Å². The van der Waals surface area contributed by atoms with Crippen molar-refractivity contribution in [2.45, 2.75) is 51.2 Å². The number of rotatable bonds is 0. The first-order chi connectivity index (χ1) is 8.82. The van der Waals surface area contributed by atoms with Gasteiger partial charge in [-0.25, -0.2) is 4.79 Å². The van der Waals surface area contributed by atoms with Crippen LogP contribution in [0.5, 0.6) is 0 Å². The molecule has 0 aromatic carbocycles. The normalized spacial score (nSPS) is 49.6. The molecule has 3 fully saturated rings. The molecule has 1 saturated heterocycles. The van der Waals surface area contributed by atoms with E-state index in [0.717, 1.165) is 12.8 Å². The summed E-state index contributed by atoms with van der Waals surface area (Å²) >= 11 is 0. The molecule has 5 atom stereocenters. The third-order valence-electron chi connectivity index (χ3n) is 5.82. The van der Waals surface area contributed by atoms with Gasteiger partial charge in [0.25, 0.3) is 0 Å². The van der Waals surface area contributed by atoms with Gasteiger partial charge in [0.1, 0.15) is 11.9 Å². The average molecular weight is 264 g/mol. The highest BCUT2D eigenvalue weighted by molar-refractivity contribution is 5.94. The molecule has 3 rings (SSSR count). The number of aliphatic hydroxyl groups is 1. The van der Waals surface area contributed by atoms with Crippen LogP contribution in [0.4, 0.5) is 0 Å². The van der Waals surface area contributed by atoms with Gasteiger partial charge in [-0.3, -0.25) is 4.79 Å². The summed E-state index contributed by atoms with van der Waals surface area (Å²) in [4.78, 5) is 24.2. The Morgan fingerprint density at radius 2 is 2.05 bits per heavy atom. The highest BCUT2D eigenvalue weighted by Gasteiger charge is 2.68. The zero-order valence-corrected chi connectivity index (χ0v) is 11.4. The average Bonchev–Trinajstić information content (AvgIpc) is 2.76. The number of fused-ring (bicyclic) bond motifs is 3. The van der Waals surface area contributed by atoms with Gasteiger partial charge in [-0.15, -0.1) is 0 Å². The molecule has 19 heavy (non-hydrogen) atoms. The van der Waals surface area contributed by atoms with Gasteiger partial charge in [-0.05, 0) is 32.1 Å². The van der Waals surface area contributed by atoms with Crippen molar-refractivity contribution in [2.75, 3.05) is 0 Å². The van der Waals surface area contributed by atoms with Crippen LogP contribution < -0.4 is 0 Å². The highest BCUT2D eigenvalue weighted by Crippen LogP contribution is 2.58. The van der Waals surface area contributed by atoms with Crippen molar-refractivity contribution in [3.8, 4) is 0 Å². The van der Waals surface area contributed by atoms with Crippen molar-refractivity contribution in [1.29, 1.82) is 0 Å². The zero-order chi connectivity index (χ0) is 14.0. The van der Waals surface area contributed by atoms with Gasteiger partial charge in [0.05, 0.1) is 11.0 Å². The molecule has 0 aromatic rings. The number of carbonyl (C=O) groups is 2. The minimum atomic E-state index is -1.06. The lowest BCUT2D eigenvalue weighted by atomic mass is 9.65. The number of ether oxygens (including phenoxy) is 1. The zero-order valence-electron chi connectivity index (χ0n) is 11.4. The number of hydrogen-bond donors (Lipinski definition) is 1. The lowest BCUT2D eigenvalue weighted by molar-refractivity contribution is -0.171. The Morgan fingerprint density at radius 3 is 2.74 bits per heavy atom. The van der Waals surface area contributed by atoms with Gasteiger partial charge in [-0.1, -0.05) is 13.5 Å². The maximum absolute atomic E-state index is 12.4. The lowest BCUT2D eigenvalue weighted by Gasteiger charge is -2.43. The summed E-state index contributed by atoms with van der Waals surface area (Å²) in [6.45, 7) is 7.57. The number of carbonyl (C=O) groups excluding carboxylic acids is 2. The Balaban J connectivity index is 2.14. The Bertz CT molecular complexity index is 483. The molecule has 0 amide bonds. The third kappa shape index (κ3) is 1.33. The summed E-state index contributed by atoms with van der Waals surface area (Å²) < 4.78 is 5.44. The summed E-state index contributed by atoms with van der Waals surface area (Å²) in [5.41, 5.74) is -1.58. The Labute approximate surface area is 112 Å². The maximum atomic E-state index is 12.4. The van der Waals surface area contributed by atoms with Crippen LogP contribution in [0.15, 0.2) is 12.2 Å². The summed E-state index contributed by atoms with van der Waals surface area (Å²) in [7, 11) is 0. The van der Waals surface area contributed by atoms with Crippen LogP contribution in [-0.2, 0) is 14.3 Å². The Hall–Kier alpha value is -1.16. The van der Waals surface area contributed by atoms with Crippen LogP contribution in [0, 0.1) is 17.3 Å². The molecule has 1 aliphatic heterocycles. The van der Waals surface area contributed by atoms with Gasteiger partial charge in [0, 0.05) is 17.9 Å². The minimum absolute atomic E-state index is 0.0150. The SMILES string of the molecule is C=C1C(=O)O[C@@H]2[C@@H]1CC[C@H](C)[C@@]1(O)CCC(=O)[C@@]21C. The Morgan fingerprint density at radius 1 is 1.37 bits per heavy atom. The molecule has 0 aromatic heterocycles. The standard InChI is InChI=1S/C15H20O4/c1-8-4-5-10-9(2)13(17)19-12(10)14(3)11(16)6-7-15(8,14)18/h8,10,12,18H,2,4-7H2,1,3H3/t8-,10+,12+,14-,15-/m0/s1. The minimum Gasteiger partial charge on any atom is -0.457 e. The van der Waals surface area contributed by atoms with Crippen molar-refractivity contribution >= 4 is 11.8 Å². The summed E-state index contributed by atoms with van der Waals surface area (Å²) in [5.74, 6) is -0.494. The van der Waals surface area contributed by atoms with Crippen molar-refractivity contribution in [3.05, 3.63) is 12.2 Å². The highest BCUT2D eigenvalue weighted by atomic mass is 16.6. The van der Waals surface area contributed by atoms with Crippen molar-refractivity contribution in [3.63, 3.8) is 0 Å². The van der Waals surface area contributed by atoms with E-state index in [9.17, 15) is 14.7 Å². The molecular weight excluding hydrogens is 244 g/mol. The van der Waals surface area contributed by atoms with Gasteiger partial charge < -0.3 is 9.84 Å². The number of ketones is 1. The largest absolute Gasteiger partial charge is 0.457 e. The molecule has 2 aliphatic carbocycles. The quantitative estimate of drug-likeness (QED) is 0.533. The fourth-order valence-electron chi connectivity index (χ4n) is 4.35. The van der Waals surface area contributed by atoms with E-state index < -0.39 is 23.1 Å². The second-order valence-corrected chi connectivity index (χ2v) is 6.49. The van der Waals surface area contributed by atoms with Crippen LogP contribution in [-0.4, -0.2) is 28.6 Å². The molecule has 0 radical (unpaired) electrons. The molecule has 0 bridgehead atoms. The monoisotopic (exact) mass is 264 g/mol. The molecule has 0 unspecified atom stereocenters. The van der Waals surface area contributed by atoms with E-state index in [2.05, 4.69) is 6.58 Å². The molecule has 2 saturated carbocycles. The molecule has 104 valence electrons. The molecule has 3 aliphatic rings. The van der Waals surface area contributed by atoms with Crippen LogP contribution in [0.3, 0.4) is 0 Å². The smallest absolute Gasteiger partial charge is 0.334 e. The van der Waals surface area contributed by atoms with Gasteiger partial charge in [-0.2, -0.15) is 0 Å². The summed E-state index contributed by atoms with van der Waals surface area (Å²) in [5, 5.41) is 11.1. The van der Waals surface area contributed by atoms with E-state index in [1.54, 1.807) is 6.92 Å². The molecule has 4 heteroatoms. The Kier molecular flexibility index (Phi) is 2.50. The van der Waals surface area contributed by atoms with Crippen molar-refractivity contribution in [1.82, 2.24) is 0 Å². The van der Waals surface area contributed by atoms with E-state index in [1.807, 2.05) is 6.92 Å². The first kappa shape index (κ1) is 12.9. The number of esters is 1. The molecular formula is C15H20O4. The third-order valence-corrected chi connectivity index (χ3v) is 5.82. The van der Waals surface area contributed by atoms with Gasteiger partial charge >= 0.3 is 5.97 Å². The summed E-state index contributed by atoms with van der Waals surface area (Å²) in [6, 6.07) is 0. The number of hydrogen-bond acceptors (Lipinski definition) is 4. The first-order valence-electron chi connectivity index (χ1n) is 6.98. The van der Waals surface area contributed by atoms with E-state index in [-0.39, 0.29) is 17.6 Å². The summed E-state index contributed by atoms with van der Waals surface area (Å²) in [6.07, 6.45) is 1.83. The van der Waals surface area contributed by atoms with E-state index in [0.29, 0.717) is 18.4 Å². The van der Waals surface area contributed by atoms with Gasteiger partial charge in [0.15, 0.2) is 0 Å². The molecule has 1 N–H and O–H groups in total. The molecule has 1 heterocycles. The van der Waals surface area contributed by atoms with E-state index in [1.165, 1.54) is 0 Å². The van der Waals surface area contributed by atoms with Crippen LogP contribution in [0.1, 0.15) is 39.5 Å². The molecule has 0 spiro atoms. The predicted molar refractivity (Wildman–Crippen MR) is 68.2 cm³/mol. The van der Waals surface area contributed by atoms with Crippen LogP contribution in [0.25, 0.3) is 0 Å². The molecule has 4 nitrogen and oxygen atoms in total. The van der Waals surface area contributed by atoms with Crippen LogP contribution in [0.2, 0.25) is 0 Å². The second kappa shape index (κ2) is 3.69. The lowest BCUT2D eigenvalue weighted by Crippen LogP contribution is -2.56. The fraction of sp³-hybridized carbons (Fsp3) is 0.733. The van der Waals surface area contributed by atoms with Crippen LogP contribution >= 0.6 is 0 Å². The second-order valence-electron chi connectivity index (χ2n) is 6.49. The van der Waals surface area contributed by atoms with Crippen molar-refractivity contribution in [2.24, 2.45) is 17.3 Å². The van der Waals surface area contributed by atoms with E-state index >= 15 is 0 Å². The topological polar surface area (TPSA) is 63.6 Å². The first-order valence-corrected chi connectivity index (χ1v) is 6.98. The maximum Gasteiger partial charge on any atom is 0.334 e. The van der Waals surface area contributed by atoms with E-state index in [4.69, 9.17) is 4.74 Å². The predicted octanol–water partition coefficient (Wildman–Crippen LogP) is 1.61. The van der Waals surface area contributed by atoms with Crippen molar-refractivity contribution < 1.29 is 19.4 Å².